The van der Waals surface area contributed by atoms with Crippen LogP contribution in [-0.2, 0) is 0 Å². The van der Waals surface area contributed by atoms with E-state index in [1.54, 1.807) is 0 Å². The molecule has 84 valence electrons. The Morgan fingerprint density at radius 3 is 2.88 bits per heavy atom. The van der Waals surface area contributed by atoms with Gasteiger partial charge in [0.15, 0.2) is 5.78 Å². The summed E-state index contributed by atoms with van der Waals surface area (Å²) < 4.78 is 10.2. The van der Waals surface area contributed by atoms with Gasteiger partial charge in [0, 0.05) is 12.5 Å². The Labute approximate surface area is 90.9 Å². The molecule has 0 atom stereocenters. The van der Waals surface area contributed by atoms with Crippen LogP contribution in [0.15, 0.2) is 12.1 Å². The molecule has 1 aromatic carbocycles. The van der Waals surface area contributed by atoms with Gasteiger partial charge in [0.05, 0.1) is 18.6 Å². The lowest BCUT2D eigenvalue weighted by molar-refractivity contribution is -0.386. The number of benzene rings is 1. The van der Waals surface area contributed by atoms with Crippen molar-refractivity contribution in [2.45, 2.75) is 6.42 Å². The number of methoxy groups -OCH3 is 1. The number of nitrogens with zero attached hydrogens (tertiary/aromatic N) is 1. The van der Waals surface area contributed by atoms with Crippen molar-refractivity contribution in [3.8, 4) is 11.5 Å². The summed E-state index contributed by atoms with van der Waals surface area (Å²) in [5.74, 6) is 0.132. The third kappa shape index (κ3) is 1.48. The number of nitro groups is 1. The lowest BCUT2D eigenvalue weighted by Crippen LogP contribution is -2.17. The molecule has 0 amide bonds. The Hall–Kier alpha value is -2.11. The molecule has 0 unspecified atom stereocenters. The first-order chi connectivity index (χ1) is 7.65. The summed E-state index contributed by atoms with van der Waals surface area (Å²) in [4.78, 5) is 21.8. The molecule has 0 aliphatic carbocycles. The number of rotatable bonds is 2. The third-order valence-corrected chi connectivity index (χ3v) is 2.37. The SMILES string of the molecule is COc1ccc([N+](=O)[O-])c2c1C(=O)CCO2. The van der Waals surface area contributed by atoms with Gasteiger partial charge in [-0.25, -0.2) is 0 Å². The maximum absolute atomic E-state index is 11.7. The largest absolute Gasteiger partial charge is 0.496 e. The predicted molar refractivity (Wildman–Crippen MR) is 54.1 cm³/mol. The summed E-state index contributed by atoms with van der Waals surface area (Å²) >= 11 is 0. The highest BCUT2D eigenvalue weighted by Crippen LogP contribution is 2.40. The molecule has 2 rings (SSSR count). The summed E-state index contributed by atoms with van der Waals surface area (Å²) in [6.07, 6.45) is 0.213. The minimum Gasteiger partial charge on any atom is -0.496 e. The maximum atomic E-state index is 11.7. The van der Waals surface area contributed by atoms with Crippen molar-refractivity contribution in [2.75, 3.05) is 13.7 Å². The number of ketones is 1. The zero-order valence-electron chi connectivity index (χ0n) is 8.56. The number of carbonyl (C=O) groups is 1. The van der Waals surface area contributed by atoms with E-state index in [1.165, 1.54) is 19.2 Å². The first-order valence-electron chi connectivity index (χ1n) is 4.66. The van der Waals surface area contributed by atoms with Gasteiger partial charge < -0.3 is 9.47 Å². The molecular formula is C10H9NO5. The second kappa shape index (κ2) is 3.80. The molecular weight excluding hydrogens is 214 g/mol. The van der Waals surface area contributed by atoms with Gasteiger partial charge >= 0.3 is 5.69 Å². The topological polar surface area (TPSA) is 78.7 Å². The van der Waals surface area contributed by atoms with Gasteiger partial charge in [0.2, 0.25) is 5.75 Å². The van der Waals surface area contributed by atoms with Crippen LogP contribution in [0.5, 0.6) is 11.5 Å². The van der Waals surface area contributed by atoms with Crippen molar-refractivity contribution in [1.29, 1.82) is 0 Å². The van der Waals surface area contributed by atoms with E-state index in [0.29, 0.717) is 5.75 Å². The summed E-state index contributed by atoms with van der Waals surface area (Å²) in [6, 6.07) is 2.68. The van der Waals surface area contributed by atoms with Crippen LogP contribution in [0.3, 0.4) is 0 Å². The fraction of sp³-hybridized carbons (Fsp3) is 0.300. The minimum absolute atomic E-state index is 0.0144. The number of ether oxygens (including phenoxy) is 2. The van der Waals surface area contributed by atoms with E-state index in [0.717, 1.165) is 0 Å². The third-order valence-electron chi connectivity index (χ3n) is 2.37. The number of hydrogen-bond acceptors (Lipinski definition) is 5. The van der Waals surface area contributed by atoms with Crippen molar-refractivity contribution in [2.24, 2.45) is 0 Å². The average Bonchev–Trinajstić information content (AvgIpc) is 2.27. The van der Waals surface area contributed by atoms with Crippen LogP contribution in [0.1, 0.15) is 16.8 Å². The normalized spacial score (nSPS) is 13.9. The van der Waals surface area contributed by atoms with Gasteiger partial charge in [0.1, 0.15) is 11.3 Å². The number of hydrogen-bond donors (Lipinski definition) is 0. The molecule has 0 N–H and O–H groups in total. The monoisotopic (exact) mass is 223 g/mol. The summed E-state index contributed by atoms with van der Waals surface area (Å²) in [6.45, 7) is 0.167. The van der Waals surface area contributed by atoms with Crippen LogP contribution < -0.4 is 9.47 Å². The second-order valence-corrected chi connectivity index (χ2v) is 3.27. The summed E-state index contributed by atoms with van der Waals surface area (Å²) in [5, 5.41) is 10.8. The first kappa shape index (κ1) is 10.4. The standard InChI is InChI=1S/C10H9NO5/c1-15-8-3-2-6(11(13)14)10-9(8)7(12)4-5-16-10/h2-3H,4-5H2,1H3. The molecule has 1 aliphatic rings. The zero-order valence-corrected chi connectivity index (χ0v) is 8.56. The Morgan fingerprint density at radius 2 is 2.25 bits per heavy atom. The van der Waals surface area contributed by atoms with Crippen LogP contribution in [0.25, 0.3) is 0 Å². The van der Waals surface area contributed by atoms with Gasteiger partial charge in [-0.2, -0.15) is 0 Å². The van der Waals surface area contributed by atoms with E-state index in [4.69, 9.17) is 9.47 Å². The van der Waals surface area contributed by atoms with Crippen molar-refractivity contribution < 1.29 is 19.2 Å². The van der Waals surface area contributed by atoms with Crippen LogP contribution >= 0.6 is 0 Å². The Morgan fingerprint density at radius 1 is 1.50 bits per heavy atom. The molecule has 0 spiro atoms. The summed E-state index contributed by atoms with van der Waals surface area (Å²) in [5.41, 5.74) is -0.0354. The van der Waals surface area contributed by atoms with E-state index in [9.17, 15) is 14.9 Å². The molecule has 0 saturated carbocycles. The van der Waals surface area contributed by atoms with Crippen molar-refractivity contribution in [3.63, 3.8) is 0 Å². The van der Waals surface area contributed by atoms with E-state index in [2.05, 4.69) is 0 Å². The molecule has 0 fully saturated rings. The van der Waals surface area contributed by atoms with Crippen LogP contribution in [-0.4, -0.2) is 24.4 Å². The number of carbonyl (C=O) groups excluding carboxylic acids is 1. The molecule has 0 radical (unpaired) electrons. The van der Waals surface area contributed by atoms with Gasteiger partial charge in [-0.05, 0) is 6.07 Å². The zero-order chi connectivity index (χ0) is 11.7. The van der Waals surface area contributed by atoms with E-state index < -0.39 is 4.92 Å². The molecule has 1 aliphatic heterocycles. The molecule has 6 nitrogen and oxygen atoms in total. The van der Waals surface area contributed by atoms with E-state index >= 15 is 0 Å². The molecule has 0 saturated heterocycles. The fourth-order valence-electron chi connectivity index (χ4n) is 1.65. The highest BCUT2D eigenvalue weighted by atomic mass is 16.6. The van der Waals surface area contributed by atoms with Crippen molar-refractivity contribution in [1.82, 2.24) is 0 Å². The Balaban J connectivity index is 2.68. The van der Waals surface area contributed by atoms with Gasteiger partial charge in [-0.15, -0.1) is 0 Å². The second-order valence-electron chi connectivity index (χ2n) is 3.27. The summed E-state index contributed by atoms with van der Waals surface area (Å²) in [7, 11) is 1.41. The molecule has 0 bridgehead atoms. The Bertz CT molecular complexity index is 469. The predicted octanol–water partition coefficient (Wildman–Crippen LogP) is 1.57. The minimum atomic E-state index is -0.573. The molecule has 16 heavy (non-hydrogen) atoms. The van der Waals surface area contributed by atoms with Crippen LogP contribution in [0.2, 0.25) is 0 Å². The molecule has 6 heteroatoms. The van der Waals surface area contributed by atoms with Crippen LogP contribution in [0, 0.1) is 10.1 Å². The van der Waals surface area contributed by atoms with Gasteiger partial charge in [-0.1, -0.05) is 0 Å². The maximum Gasteiger partial charge on any atom is 0.311 e. The number of fused-ring (bicyclic) bond motifs is 1. The van der Waals surface area contributed by atoms with E-state index in [1.807, 2.05) is 0 Å². The highest BCUT2D eigenvalue weighted by Gasteiger charge is 2.30. The molecule has 0 aromatic heterocycles. The quantitative estimate of drug-likeness (QED) is 0.561. The molecule has 1 aromatic rings. The van der Waals surface area contributed by atoms with Crippen LogP contribution in [0.4, 0.5) is 5.69 Å². The first-order valence-corrected chi connectivity index (χ1v) is 4.66. The van der Waals surface area contributed by atoms with E-state index in [-0.39, 0.29) is 35.8 Å². The van der Waals surface area contributed by atoms with Gasteiger partial charge in [0.25, 0.3) is 0 Å². The number of nitro benzene ring substituents is 1. The van der Waals surface area contributed by atoms with Gasteiger partial charge in [-0.3, -0.25) is 14.9 Å². The average molecular weight is 223 g/mol. The fourth-order valence-corrected chi connectivity index (χ4v) is 1.65. The molecule has 1 heterocycles. The lowest BCUT2D eigenvalue weighted by Gasteiger charge is -2.18. The van der Waals surface area contributed by atoms with Crippen molar-refractivity contribution >= 4 is 11.5 Å². The lowest BCUT2D eigenvalue weighted by atomic mass is 10.0. The highest BCUT2D eigenvalue weighted by molar-refractivity contribution is 6.03. The number of Topliss-reactive ketones (excluding diaryl/α,β-unsaturated/α-hetero) is 1. The smallest absolute Gasteiger partial charge is 0.311 e. The Kier molecular flexibility index (Phi) is 2.47. The van der Waals surface area contributed by atoms with Crippen molar-refractivity contribution in [3.05, 3.63) is 27.8 Å².